The maximum atomic E-state index is 13.7. The third kappa shape index (κ3) is 7.35. The lowest BCUT2D eigenvalue weighted by molar-refractivity contribution is -0.134. The minimum atomic E-state index is -0.0760. The molecule has 1 saturated carbocycles. The van der Waals surface area contributed by atoms with E-state index in [0.717, 1.165) is 38.6 Å². The molecule has 2 aromatic rings. The van der Waals surface area contributed by atoms with Gasteiger partial charge in [-0.15, -0.1) is 0 Å². The highest BCUT2D eigenvalue weighted by molar-refractivity contribution is 5.96. The van der Waals surface area contributed by atoms with Crippen molar-refractivity contribution < 1.29 is 14.3 Å². The van der Waals surface area contributed by atoms with Gasteiger partial charge < -0.3 is 14.5 Å². The Balaban J connectivity index is 1.56. The van der Waals surface area contributed by atoms with Crippen LogP contribution in [0.4, 0.5) is 0 Å². The molecule has 1 aliphatic carbocycles. The van der Waals surface area contributed by atoms with Crippen molar-refractivity contribution in [2.24, 2.45) is 5.92 Å². The van der Waals surface area contributed by atoms with E-state index in [4.69, 9.17) is 4.74 Å². The van der Waals surface area contributed by atoms with Crippen molar-refractivity contribution in [3.63, 3.8) is 0 Å². The Labute approximate surface area is 216 Å². The van der Waals surface area contributed by atoms with Gasteiger partial charge in [-0.1, -0.05) is 74.6 Å². The molecule has 1 heterocycles. The van der Waals surface area contributed by atoms with E-state index in [9.17, 15) is 9.59 Å². The summed E-state index contributed by atoms with van der Waals surface area (Å²) in [7, 11) is 1.86. The largest absolute Gasteiger partial charge is 0.491 e. The maximum Gasteiger partial charge on any atom is 0.257 e. The molecule has 0 saturated heterocycles. The lowest BCUT2D eigenvalue weighted by Crippen LogP contribution is -2.45. The van der Waals surface area contributed by atoms with E-state index in [1.807, 2.05) is 37.4 Å². The number of amides is 2. The molecule has 194 valence electrons. The summed E-state index contributed by atoms with van der Waals surface area (Å²) in [4.78, 5) is 30.7. The monoisotopic (exact) mass is 490 g/mol. The number of hydrogen-bond acceptors (Lipinski definition) is 3. The van der Waals surface area contributed by atoms with Crippen LogP contribution in [0.2, 0.25) is 0 Å². The molecule has 1 fully saturated rings. The van der Waals surface area contributed by atoms with E-state index < -0.39 is 0 Å². The minimum Gasteiger partial charge on any atom is -0.491 e. The first kappa shape index (κ1) is 26.2. The van der Waals surface area contributed by atoms with E-state index in [1.54, 1.807) is 4.90 Å². The fraction of sp³-hybridized carbons (Fsp3) is 0.548. The predicted octanol–water partition coefficient (Wildman–Crippen LogP) is 6.12. The van der Waals surface area contributed by atoms with Gasteiger partial charge in [0.15, 0.2) is 0 Å². The van der Waals surface area contributed by atoms with Gasteiger partial charge in [0.2, 0.25) is 5.91 Å². The zero-order chi connectivity index (χ0) is 25.2. The van der Waals surface area contributed by atoms with Crippen LogP contribution in [0, 0.1) is 5.92 Å². The summed E-state index contributed by atoms with van der Waals surface area (Å²) in [6, 6.07) is 17.8. The average Bonchev–Trinajstić information content (AvgIpc) is 2.93. The summed E-state index contributed by atoms with van der Waals surface area (Å²) in [5.74, 6) is 1.53. The highest BCUT2D eigenvalue weighted by atomic mass is 16.5. The second-order valence-corrected chi connectivity index (χ2v) is 10.6. The van der Waals surface area contributed by atoms with Gasteiger partial charge in [-0.3, -0.25) is 9.59 Å². The van der Waals surface area contributed by atoms with Crippen LogP contribution in [0.1, 0.15) is 80.1 Å². The third-order valence-electron chi connectivity index (χ3n) is 7.85. The fourth-order valence-electron chi connectivity index (χ4n) is 5.67. The Kier molecular flexibility index (Phi) is 9.83. The molecule has 1 atom stereocenters. The van der Waals surface area contributed by atoms with E-state index in [-0.39, 0.29) is 17.9 Å². The zero-order valence-electron chi connectivity index (χ0n) is 21.9. The molecule has 0 aromatic heterocycles. The summed E-state index contributed by atoms with van der Waals surface area (Å²) < 4.78 is 6.34. The van der Waals surface area contributed by atoms with E-state index >= 15 is 0 Å². The molecule has 36 heavy (non-hydrogen) atoms. The molecule has 5 heteroatoms. The van der Waals surface area contributed by atoms with Gasteiger partial charge in [0.05, 0.1) is 11.6 Å². The first-order chi connectivity index (χ1) is 17.6. The highest BCUT2D eigenvalue weighted by Gasteiger charge is 2.27. The van der Waals surface area contributed by atoms with Gasteiger partial charge >= 0.3 is 0 Å². The van der Waals surface area contributed by atoms with E-state index in [2.05, 4.69) is 29.2 Å². The van der Waals surface area contributed by atoms with Gasteiger partial charge in [-0.05, 0) is 55.7 Å². The van der Waals surface area contributed by atoms with Gasteiger partial charge in [-0.25, -0.2) is 0 Å². The van der Waals surface area contributed by atoms with Crippen LogP contribution in [-0.4, -0.2) is 54.4 Å². The van der Waals surface area contributed by atoms with Gasteiger partial charge in [-0.2, -0.15) is 0 Å². The van der Waals surface area contributed by atoms with Crippen molar-refractivity contribution in [1.82, 2.24) is 9.80 Å². The minimum absolute atomic E-state index is 0.00938. The predicted molar refractivity (Wildman–Crippen MR) is 144 cm³/mol. The number of nitrogens with zero attached hydrogens (tertiary/aromatic N) is 2. The molecule has 2 aromatic carbocycles. The van der Waals surface area contributed by atoms with Crippen molar-refractivity contribution in [1.29, 1.82) is 0 Å². The number of hydrogen-bond donors (Lipinski definition) is 0. The number of ether oxygens (including phenoxy) is 1. The topological polar surface area (TPSA) is 49.9 Å². The smallest absolute Gasteiger partial charge is 0.257 e. The molecule has 2 aliphatic rings. The SMILES string of the molecule is CN1CCCCCN(C(=O)CCC2CCCCC2)[C@@H](Cc2ccccc2)COc2ccccc2C1=O. The first-order valence-corrected chi connectivity index (χ1v) is 13.9. The Morgan fingerprint density at radius 2 is 1.58 bits per heavy atom. The van der Waals surface area contributed by atoms with Crippen molar-refractivity contribution >= 4 is 11.8 Å². The van der Waals surface area contributed by atoms with Crippen LogP contribution in [0.15, 0.2) is 54.6 Å². The Morgan fingerprint density at radius 3 is 2.39 bits per heavy atom. The third-order valence-corrected chi connectivity index (χ3v) is 7.85. The Morgan fingerprint density at radius 1 is 0.889 bits per heavy atom. The van der Waals surface area contributed by atoms with E-state index in [0.29, 0.717) is 36.8 Å². The molecule has 0 spiro atoms. The maximum absolute atomic E-state index is 13.7. The molecule has 0 N–H and O–H groups in total. The number of carbonyl (C=O) groups is 2. The highest BCUT2D eigenvalue weighted by Crippen LogP contribution is 2.28. The first-order valence-electron chi connectivity index (χ1n) is 13.9. The van der Waals surface area contributed by atoms with Crippen LogP contribution in [0.25, 0.3) is 0 Å². The number of carbonyl (C=O) groups excluding carboxylic acids is 2. The molecular formula is C31H42N2O3. The van der Waals surface area contributed by atoms with Gasteiger partial charge in [0.1, 0.15) is 12.4 Å². The second-order valence-electron chi connectivity index (χ2n) is 10.6. The second kappa shape index (κ2) is 13.5. The molecule has 4 rings (SSSR count). The molecule has 2 amide bonds. The van der Waals surface area contributed by atoms with Crippen LogP contribution < -0.4 is 4.74 Å². The zero-order valence-corrected chi connectivity index (χ0v) is 21.9. The Bertz CT molecular complexity index is 971. The van der Waals surface area contributed by atoms with Crippen LogP contribution in [0.5, 0.6) is 5.75 Å². The summed E-state index contributed by atoms with van der Waals surface area (Å²) in [5, 5.41) is 0. The number of rotatable bonds is 5. The Hall–Kier alpha value is -2.82. The summed E-state index contributed by atoms with van der Waals surface area (Å²) in [6.45, 7) is 1.82. The number of para-hydroxylation sites is 1. The molecule has 1 aliphatic heterocycles. The van der Waals surface area contributed by atoms with Crippen molar-refractivity contribution in [2.75, 3.05) is 26.7 Å². The standard InChI is InChI=1S/C31H42N2O3/c1-32-21-11-4-12-22-33(30(34)20-19-25-13-5-2-6-14-25)27(23-26-15-7-3-8-16-26)24-36-29-18-10-9-17-28(29)31(32)35/h3,7-10,15-18,25,27H,2,4-6,11-14,19-24H2,1H3/t27-/m0/s1. The lowest BCUT2D eigenvalue weighted by Gasteiger charge is -2.33. The molecule has 0 radical (unpaired) electrons. The number of fused-ring (bicyclic) bond motifs is 1. The average molecular weight is 491 g/mol. The summed E-state index contributed by atoms with van der Waals surface area (Å²) >= 11 is 0. The summed E-state index contributed by atoms with van der Waals surface area (Å²) in [5.41, 5.74) is 1.79. The van der Waals surface area contributed by atoms with Crippen LogP contribution >= 0.6 is 0 Å². The molecular weight excluding hydrogens is 448 g/mol. The van der Waals surface area contributed by atoms with Crippen LogP contribution in [0.3, 0.4) is 0 Å². The van der Waals surface area contributed by atoms with Crippen molar-refractivity contribution in [3.8, 4) is 5.75 Å². The molecule has 5 nitrogen and oxygen atoms in total. The lowest BCUT2D eigenvalue weighted by atomic mass is 9.86. The quantitative estimate of drug-likeness (QED) is 0.507. The van der Waals surface area contributed by atoms with Gasteiger partial charge in [0.25, 0.3) is 5.91 Å². The number of benzene rings is 2. The molecule has 0 unspecified atom stereocenters. The summed E-state index contributed by atoms with van der Waals surface area (Å²) in [6.07, 6.45) is 11.7. The molecule has 0 bridgehead atoms. The van der Waals surface area contributed by atoms with Crippen LogP contribution in [-0.2, 0) is 11.2 Å². The fourth-order valence-corrected chi connectivity index (χ4v) is 5.67. The van der Waals surface area contributed by atoms with E-state index in [1.165, 1.54) is 37.7 Å². The van der Waals surface area contributed by atoms with Crippen molar-refractivity contribution in [2.45, 2.75) is 76.7 Å². The van der Waals surface area contributed by atoms with Gasteiger partial charge in [0, 0.05) is 26.6 Å². The van der Waals surface area contributed by atoms with Crippen molar-refractivity contribution in [3.05, 3.63) is 65.7 Å². The normalized spacial score (nSPS) is 20.5.